The Balaban J connectivity index is 2.29. The molecule has 0 aliphatic heterocycles. The number of aromatic nitrogens is 2. The molecule has 1 aromatic carbocycles. The largest absolute Gasteiger partial charge is 0.399 e. The molecule has 102 valence electrons. The van der Waals surface area contributed by atoms with E-state index in [-0.39, 0.29) is 6.54 Å². The van der Waals surface area contributed by atoms with E-state index in [0.717, 1.165) is 0 Å². The number of halogens is 3. The zero-order valence-corrected chi connectivity index (χ0v) is 10.3. The van der Waals surface area contributed by atoms with Crippen molar-refractivity contribution in [2.75, 3.05) is 24.2 Å². The third-order valence-corrected chi connectivity index (χ3v) is 2.73. The Bertz CT molecular complexity index is 583. The number of nitrogens with two attached hydrogens (primary N) is 1. The molecule has 19 heavy (non-hydrogen) atoms. The van der Waals surface area contributed by atoms with Crippen LogP contribution in [0.25, 0.3) is 10.9 Å². The van der Waals surface area contributed by atoms with Gasteiger partial charge in [-0.3, -0.25) is 0 Å². The van der Waals surface area contributed by atoms with E-state index in [1.54, 1.807) is 25.2 Å². The number of alkyl halides is 3. The first-order chi connectivity index (χ1) is 8.87. The fourth-order valence-corrected chi connectivity index (χ4v) is 1.76. The van der Waals surface area contributed by atoms with Crippen LogP contribution in [0.2, 0.25) is 0 Å². The van der Waals surface area contributed by atoms with Gasteiger partial charge in [0.1, 0.15) is 12.1 Å². The second-order valence-electron chi connectivity index (χ2n) is 4.26. The Morgan fingerprint density at radius 2 is 2.00 bits per heavy atom. The number of fused-ring (bicyclic) bond motifs is 1. The summed E-state index contributed by atoms with van der Waals surface area (Å²) < 4.78 is 36.7. The zero-order valence-electron chi connectivity index (χ0n) is 10.3. The maximum atomic E-state index is 12.2. The molecule has 0 atom stereocenters. The summed E-state index contributed by atoms with van der Waals surface area (Å²) in [7, 11) is 1.57. The van der Waals surface area contributed by atoms with Crippen LogP contribution in [0.4, 0.5) is 24.7 Å². The molecule has 1 heterocycles. The number of hydrogen-bond donors (Lipinski definition) is 1. The van der Waals surface area contributed by atoms with E-state index < -0.39 is 12.6 Å². The van der Waals surface area contributed by atoms with E-state index in [1.807, 2.05) is 0 Å². The van der Waals surface area contributed by atoms with Gasteiger partial charge in [-0.05, 0) is 18.2 Å². The smallest absolute Gasteiger partial charge is 0.390 e. The van der Waals surface area contributed by atoms with E-state index in [1.165, 1.54) is 11.2 Å². The Hall–Kier alpha value is -2.05. The number of anilines is 2. The lowest BCUT2D eigenvalue weighted by atomic mass is 10.2. The number of rotatable bonds is 3. The van der Waals surface area contributed by atoms with Crippen LogP contribution in [-0.4, -0.2) is 29.7 Å². The van der Waals surface area contributed by atoms with Crippen molar-refractivity contribution in [1.29, 1.82) is 0 Å². The highest BCUT2D eigenvalue weighted by Crippen LogP contribution is 2.25. The van der Waals surface area contributed by atoms with Crippen molar-refractivity contribution in [3.05, 3.63) is 24.5 Å². The first-order valence-electron chi connectivity index (χ1n) is 5.65. The molecule has 0 fully saturated rings. The normalized spacial score (nSPS) is 11.8. The molecule has 0 aliphatic rings. The molecule has 0 bridgehead atoms. The van der Waals surface area contributed by atoms with E-state index in [2.05, 4.69) is 9.97 Å². The van der Waals surface area contributed by atoms with E-state index in [9.17, 15) is 13.2 Å². The van der Waals surface area contributed by atoms with Crippen LogP contribution >= 0.6 is 0 Å². The zero-order chi connectivity index (χ0) is 14.0. The minimum absolute atomic E-state index is 0.153. The number of nitrogens with zero attached hydrogens (tertiary/aromatic N) is 3. The number of benzene rings is 1. The number of hydrogen-bond acceptors (Lipinski definition) is 4. The van der Waals surface area contributed by atoms with Crippen molar-refractivity contribution in [2.24, 2.45) is 0 Å². The van der Waals surface area contributed by atoms with Gasteiger partial charge in [0.2, 0.25) is 0 Å². The standard InChI is InChI=1S/C12H13F3N4/c1-19(5-4-12(13,14)15)11-9-3-2-8(16)6-10(9)17-7-18-11/h2-3,6-7H,4-5,16H2,1H3. The molecular weight excluding hydrogens is 257 g/mol. The van der Waals surface area contributed by atoms with Crippen LogP contribution in [0.3, 0.4) is 0 Å². The van der Waals surface area contributed by atoms with Crippen LogP contribution < -0.4 is 10.6 Å². The summed E-state index contributed by atoms with van der Waals surface area (Å²) in [5.74, 6) is 0.467. The van der Waals surface area contributed by atoms with Crippen molar-refractivity contribution in [3.8, 4) is 0 Å². The van der Waals surface area contributed by atoms with Crippen molar-refractivity contribution in [2.45, 2.75) is 12.6 Å². The molecule has 1 aromatic heterocycles. The first kappa shape index (κ1) is 13.4. The highest BCUT2D eigenvalue weighted by atomic mass is 19.4. The second-order valence-corrected chi connectivity index (χ2v) is 4.26. The minimum atomic E-state index is -4.18. The summed E-state index contributed by atoms with van der Waals surface area (Å²) in [5.41, 5.74) is 6.81. The minimum Gasteiger partial charge on any atom is -0.399 e. The molecule has 0 aliphatic carbocycles. The summed E-state index contributed by atoms with van der Waals surface area (Å²) >= 11 is 0. The fourth-order valence-electron chi connectivity index (χ4n) is 1.76. The van der Waals surface area contributed by atoms with Gasteiger partial charge in [0.15, 0.2) is 0 Å². The van der Waals surface area contributed by atoms with Gasteiger partial charge in [-0.15, -0.1) is 0 Å². The van der Waals surface area contributed by atoms with Crippen LogP contribution in [-0.2, 0) is 0 Å². The molecule has 4 nitrogen and oxygen atoms in total. The van der Waals surface area contributed by atoms with Gasteiger partial charge in [-0.25, -0.2) is 9.97 Å². The van der Waals surface area contributed by atoms with Crippen LogP contribution in [0.5, 0.6) is 0 Å². The SMILES string of the molecule is CN(CCC(F)(F)F)c1ncnc2cc(N)ccc12. The number of nitrogen functional groups attached to an aromatic ring is 1. The Morgan fingerprint density at radius 3 is 2.68 bits per heavy atom. The molecule has 0 unspecified atom stereocenters. The van der Waals surface area contributed by atoms with Gasteiger partial charge >= 0.3 is 6.18 Å². The third-order valence-electron chi connectivity index (χ3n) is 2.73. The Labute approximate surface area is 108 Å². The monoisotopic (exact) mass is 270 g/mol. The van der Waals surface area contributed by atoms with Crippen LogP contribution in [0.1, 0.15) is 6.42 Å². The first-order valence-corrected chi connectivity index (χ1v) is 5.65. The maximum absolute atomic E-state index is 12.2. The van der Waals surface area contributed by atoms with Crippen molar-refractivity contribution in [3.63, 3.8) is 0 Å². The Kier molecular flexibility index (Phi) is 3.46. The molecule has 7 heteroatoms. The van der Waals surface area contributed by atoms with Gasteiger partial charge in [-0.2, -0.15) is 13.2 Å². The van der Waals surface area contributed by atoms with Crippen LogP contribution in [0.15, 0.2) is 24.5 Å². The molecular formula is C12H13F3N4. The van der Waals surface area contributed by atoms with Crippen molar-refractivity contribution in [1.82, 2.24) is 9.97 Å². The van der Waals surface area contributed by atoms with Gasteiger partial charge in [0.25, 0.3) is 0 Å². The molecule has 0 spiro atoms. The summed E-state index contributed by atoms with van der Waals surface area (Å²) in [6, 6.07) is 5.05. The average Bonchev–Trinajstić information content (AvgIpc) is 2.34. The molecule has 2 N–H and O–H groups in total. The lowest BCUT2D eigenvalue weighted by Crippen LogP contribution is -2.25. The highest BCUT2D eigenvalue weighted by Gasteiger charge is 2.27. The summed E-state index contributed by atoms with van der Waals surface area (Å²) in [6.07, 6.45) is -3.74. The molecule has 0 amide bonds. The van der Waals surface area contributed by atoms with E-state index >= 15 is 0 Å². The van der Waals surface area contributed by atoms with Crippen molar-refractivity contribution < 1.29 is 13.2 Å². The van der Waals surface area contributed by atoms with Gasteiger partial charge < -0.3 is 10.6 Å². The third kappa shape index (κ3) is 3.24. The summed E-state index contributed by atoms with van der Waals surface area (Å²) in [5, 5.41) is 0.682. The van der Waals surface area contributed by atoms with E-state index in [0.29, 0.717) is 22.4 Å². The lowest BCUT2D eigenvalue weighted by Gasteiger charge is -2.20. The topological polar surface area (TPSA) is 55.0 Å². The molecule has 0 saturated heterocycles. The second kappa shape index (κ2) is 4.91. The lowest BCUT2D eigenvalue weighted by molar-refractivity contribution is -0.132. The Morgan fingerprint density at radius 1 is 1.26 bits per heavy atom. The molecule has 0 radical (unpaired) electrons. The molecule has 2 rings (SSSR count). The predicted octanol–water partition coefficient (Wildman–Crippen LogP) is 2.60. The fraction of sp³-hybridized carbons (Fsp3) is 0.333. The highest BCUT2D eigenvalue weighted by molar-refractivity contribution is 5.91. The predicted molar refractivity (Wildman–Crippen MR) is 67.9 cm³/mol. The average molecular weight is 270 g/mol. The van der Waals surface area contributed by atoms with E-state index in [4.69, 9.17) is 5.73 Å². The quantitative estimate of drug-likeness (QED) is 0.871. The van der Waals surface area contributed by atoms with Gasteiger partial charge in [0.05, 0.1) is 11.9 Å². The summed E-state index contributed by atoms with van der Waals surface area (Å²) in [4.78, 5) is 9.56. The van der Waals surface area contributed by atoms with Crippen LogP contribution in [0, 0.1) is 0 Å². The van der Waals surface area contributed by atoms with Crippen molar-refractivity contribution >= 4 is 22.4 Å². The van der Waals surface area contributed by atoms with Gasteiger partial charge in [0, 0.05) is 24.7 Å². The molecule has 2 aromatic rings. The maximum Gasteiger partial charge on any atom is 0.390 e. The van der Waals surface area contributed by atoms with Gasteiger partial charge in [-0.1, -0.05) is 0 Å². The molecule has 0 saturated carbocycles. The summed E-state index contributed by atoms with van der Waals surface area (Å²) in [6.45, 7) is -0.153.